The number of para-hydroxylation sites is 1. The van der Waals surface area contributed by atoms with E-state index in [2.05, 4.69) is 110 Å². The van der Waals surface area contributed by atoms with Gasteiger partial charge in [0, 0.05) is 22.4 Å². The summed E-state index contributed by atoms with van der Waals surface area (Å²) in [7, 11) is 0. The SMILES string of the molecule is CC1(C)c2ccc(C3CCCCC3)cc2-c2ccc(Nc3ccccc3-c3ccccc3)cc21. The Morgan fingerprint density at radius 1 is 0.647 bits per heavy atom. The molecule has 2 aliphatic rings. The zero-order chi connectivity index (χ0) is 23.1. The summed E-state index contributed by atoms with van der Waals surface area (Å²) in [4.78, 5) is 0. The van der Waals surface area contributed by atoms with E-state index in [0.29, 0.717) is 0 Å². The highest BCUT2D eigenvalue weighted by Crippen LogP contribution is 2.51. The van der Waals surface area contributed by atoms with Crippen LogP contribution in [0.1, 0.15) is 68.6 Å². The topological polar surface area (TPSA) is 12.0 Å². The van der Waals surface area contributed by atoms with Crippen molar-refractivity contribution >= 4 is 11.4 Å². The molecule has 0 heterocycles. The van der Waals surface area contributed by atoms with Crippen LogP contribution in [0.2, 0.25) is 0 Å². The fourth-order valence-corrected chi connectivity index (χ4v) is 6.16. The fourth-order valence-electron chi connectivity index (χ4n) is 6.16. The summed E-state index contributed by atoms with van der Waals surface area (Å²) < 4.78 is 0. The first-order valence-electron chi connectivity index (χ1n) is 12.8. The van der Waals surface area contributed by atoms with Crippen molar-refractivity contribution in [3.63, 3.8) is 0 Å². The van der Waals surface area contributed by atoms with Gasteiger partial charge in [-0.2, -0.15) is 0 Å². The minimum absolute atomic E-state index is 0.00635. The minimum atomic E-state index is 0.00635. The van der Waals surface area contributed by atoms with E-state index in [1.807, 2.05) is 0 Å². The predicted octanol–water partition coefficient (Wildman–Crippen LogP) is 9.45. The summed E-state index contributed by atoms with van der Waals surface area (Å²) in [6.45, 7) is 4.75. The third kappa shape index (κ3) is 3.64. The van der Waals surface area contributed by atoms with Crippen molar-refractivity contribution in [2.75, 3.05) is 5.32 Å². The molecule has 1 saturated carbocycles. The highest BCUT2D eigenvalue weighted by atomic mass is 14.9. The number of fused-ring (bicyclic) bond motifs is 3. The lowest BCUT2D eigenvalue weighted by Crippen LogP contribution is -2.15. The Bertz CT molecular complexity index is 1330. The van der Waals surface area contributed by atoms with Gasteiger partial charge < -0.3 is 5.32 Å². The maximum atomic E-state index is 3.73. The number of hydrogen-bond acceptors (Lipinski definition) is 1. The van der Waals surface area contributed by atoms with Crippen LogP contribution >= 0.6 is 0 Å². The van der Waals surface area contributed by atoms with Crippen molar-refractivity contribution in [2.45, 2.75) is 57.3 Å². The van der Waals surface area contributed by atoms with E-state index in [1.54, 1.807) is 5.56 Å². The van der Waals surface area contributed by atoms with Gasteiger partial charge in [0.25, 0.3) is 0 Å². The zero-order valence-electron chi connectivity index (χ0n) is 20.3. The van der Waals surface area contributed by atoms with E-state index in [9.17, 15) is 0 Å². The molecule has 0 radical (unpaired) electrons. The first kappa shape index (κ1) is 21.2. The van der Waals surface area contributed by atoms with Crippen LogP contribution in [-0.4, -0.2) is 0 Å². The van der Waals surface area contributed by atoms with E-state index >= 15 is 0 Å². The molecule has 0 bridgehead atoms. The van der Waals surface area contributed by atoms with Crippen LogP contribution < -0.4 is 5.32 Å². The quantitative estimate of drug-likeness (QED) is 0.331. The molecule has 0 spiro atoms. The minimum Gasteiger partial charge on any atom is -0.355 e. The monoisotopic (exact) mass is 443 g/mol. The second-order valence-corrected chi connectivity index (χ2v) is 10.6. The number of anilines is 2. The van der Waals surface area contributed by atoms with Crippen LogP contribution in [0.15, 0.2) is 91.0 Å². The molecule has 0 amide bonds. The van der Waals surface area contributed by atoms with E-state index in [1.165, 1.54) is 65.5 Å². The molecule has 4 aromatic rings. The molecule has 0 aliphatic heterocycles. The lowest BCUT2D eigenvalue weighted by atomic mass is 9.80. The number of hydrogen-bond donors (Lipinski definition) is 1. The van der Waals surface area contributed by atoms with Crippen LogP contribution in [0.3, 0.4) is 0 Å². The van der Waals surface area contributed by atoms with E-state index in [4.69, 9.17) is 0 Å². The molecule has 6 rings (SSSR count). The van der Waals surface area contributed by atoms with Crippen molar-refractivity contribution in [2.24, 2.45) is 0 Å². The number of rotatable bonds is 4. The van der Waals surface area contributed by atoms with Gasteiger partial charge >= 0.3 is 0 Å². The van der Waals surface area contributed by atoms with Gasteiger partial charge in [-0.05, 0) is 70.3 Å². The summed E-state index contributed by atoms with van der Waals surface area (Å²) in [5.41, 5.74) is 12.0. The van der Waals surface area contributed by atoms with Gasteiger partial charge in [0.05, 0.1) is 0 Å². The second kappa shape index (κ2) is 8.47. The Labute approximate surface area is 203 Å². The summed E-state index contributed by atoms with van der Waals surface area (Å²) in [5.74, 6) is 0.738. The molecular formula is C33H33N. The van der Waals surface area contributed by atoms with Crippen LogP contribution in [0.5, 0.6) is 0 Å². The summed E-state index contributed by atoms with van der Waals surface area (Å²) in [5, 5.41) is 3.73. The first-order valence-corrected chi connectivity index (χ1v) is 12.8. The summed E-state index contributed by atoms with van der Waals surface area (Å²) >= 11 is 0. The molecule has 1 heteroatoms. The molecule has 1 N–H and O–H groups in total. The maximum absolute atomic E-state index is 3.73. The molecule has 1 fully saturated rings. The van der Waals surface area contributed by atoms with Gasteiger partial charge in [-0.3, -0.25) is 0 Å². The highest BCUT2D eigenvalue weighted by Gasteiger charge is 2.36. The molecular weight excluding hydrogens is 410 g/mol. The molecule has 1 nitrogen and oxygen atoms in total. The largest absolute Gasteiger partial charge is 0.355 e. The first-order chi connectivity index (χ1) is 16.6. The maximum Gasteiger partial charge on any atom is 0.0463 e. The third-order valence-electron chi connectivity index (χ3n) is 8.07. The van der Waals surface area contributed by atoms with Crippen LogP contribution in [-0.2, 0) is 5.41 Å². The Balaban J connectivity index is 1.36. The van der Waals surface area contributed by atoms with Crippen molar-refractivity contribution in [1.82, 2.24) is 0 Å². The van der Waals surface area contributed by atoms with Gasteiger partial charge in [-0.1, -0.05) is 106 Å². The molecule has 2 aliphatic carbocycles. The molecule has 0 saturated heterocycles. The summed E-state index contributed by atoms with van der Waals surface area (Å²) in [6, 6.07) is 33.5. The molecule has 0 atom stereocenters. The predicted molar refractivity (Wildman–Crippen MR) is 145 cm³/mol. The van der Waals surface area contributed by atoms with Gasteiger partial charge in [0.2, 0.25) is 0 Å². The second-order valence-electron chi connectivity index (χ2n) is 10.6. The lowest BCUT2D eigenvalue weighted by Gasteiger charge is -2.24. The number of benzene rings is 4. The Morgan fingerprint density at radius 2 is 1.41 bits per heavy atom. The van der Waals surface area contributed by atoms with Gasteiger partial charge in [-0.15, -0.1) is 0 Å². The summed E-state index contributed by atoms with van der Waals surface area (Å²) in [6.07, 6.45) is 6.85. The Morgan fingerprint density at radius 3 is 2.24 bits per heavy atom. The highest BCUT2D eigenvalue weighted by molar-refractivity contribution is 5.85. The van der Waals surface area contributed by atoms with E-state index < -0.39 is 0 Å². The standard InChI is InChI=1S/C33H33N/c1-33(2)30-20-17-25(23-11-5-3-6-12-23)21-29(30)28-19-18-26(22-31(28)33)34-32-16-10-9-15-27(32)24-13-7-4-8-14-24/h4,7-10,13-23,34H,3,5-6,11-12H2,1-2H3. The van der Waals surface area contributed by atoms with Crippen LogP contribution in [0, 0.1) is 0 Å². The average molecular weight is 444 g/mol. The van der Waals surface area contributed by atoms with Crippen molar-refractivity contribution < 1.29 is 0 Å². The van der Waals surface area contributed by atoms with Crippen molar-refractivity contribution in [3.8, 4) is 22.3 Å². The van der Waals surface area contributed by atoms with Crippen LogP contribution in [0.4, 0.5) is 11.4 Å². The van der Waals surface area contributed by atoms with Gasteiger partial charge in [0.1, 0.15) is 0 Å². The molecule has 4 aromatic carbocycles. The molecule has 0 unspecified atom stereocenters. The van der Waals surface area contributed by atoms with E-state index in [0.717, 1.165) is 17.3 Å². The lowest BCUT2D eigenvalue weighted by molar-refractivity contribution is 0.443. The van der Waals surface area contributed by atoms with E-state index in [-0.39, 0.29) is 5.41 Å². The van der Waals surface area contributed by atoms with Crippen molar-refractivity contribution in [3.05, 3.63) is 108 Å². The molecule has 34 heavy (non-hydrogen) atoms. The smallest absolute Gasteiger partial charge is 0.0463 e. The Hall–Kier alpha value is -3.32. The molecule has 0 aromatic heterocycles. The van der Waals surface area contributed by atoms with Crippen LogP contribution in [0.25, 0.3) is 22.3 Å². The number of nitrogens with one attached hydrogen (secondary N) is 1. The third-order valence-corrected chi connectivity index (χ3v) is 8.07. The van der Waals surface area contributed by atoms with Gasteiger partial charge in [0.15, 0.2) is 0 Å². The normalized spacial score (nSPS) is 16.6. The molecule has 170 valence electrons. The zero-order valence-corrected chi connectivity index (χ0v) is 20.3. The Kier molecular flexibility index (Phi) is 5.29. The van der Waals surface area contributed by atoms with Crippen molar-refractivity contribution in [1.29, 1.82) is 0 Å². The fraction of sp³-hybridized carbons (Fsp3) is 0.273. The average Bonchev–Trinajstić information content (AvgIpc) is 3.11. The van der Waals surface area contributed by atoms with Gasteiger partial charge in [-0.25, -0.2) is 0 Å².